The van der Waals surface area contributed by atoms with E-state index in [0.717, 1.165) is 12.1 Å². The second-order valence-electron chi connectivity index (χ2n) is 3.74. The van der Waals surface area contributed by atoms with Gasteiger partial charge in [0.1, 0.15) is 11.6 Å². The van der Waals surface area contributed by atoms with Crippen LogP contribution in [0.25, 0.3) is 0 Å². The van der Waals surface area contributed by atoms with Crippen molar-refractivity contribution in [3.63, 3.8) is 0 Å². The van der Waals surface area contributed by atoms with Crippen molar-refractivity contribution in [2.45, 2.75) is 0 Å². The zero-order valence-electron chi connectivity index (χ0n) is 9.38. The van der Waals surface area contributed by atoms with Crippen LogP contribution in [-0.4, -0.2) is 5.91 Å². The number of nitrogens with one attached hydrogen (secondary N) is 1. The second kappa shape index (κ2) is 5.67. The van der Waals surface area contributed by atoms with Gasteiger partial charge in [-0.1, -0.05) is 11.6 Å². The SMILES string of the molecule is O=C(Nc1cc(Cl)ccc1Br)c1cc(F)cc(F)c1. The molecule has 0 saturated heterocycles. The third kappa shape index (κ3) is 3.52. The summed E-state index contributed by atoms with van der Waals surface area (Å²) in [5.74, 6) is -2.24. The molecule has 1 N–H and O–H groups in total. The Morgan fingerprint density at radius 2 is 1.74 bits per heavy atom. The number of amides is 1. The van der Waals surface area contributed by atoms with E-state index >= 15 is 0 Å². The van der Waals surface area contributed by atoms with Crippen LogP contribution in [0.5, 0.6) is 0 Å². The molecule has 0 aliphatic heterocycles. The molecule has 0 aromatic heterocycles. The molecular weight excluding hydrogens is 340 g/mol. The molecule has 98 valence electrons. The predicted molar refractivity (Wildman–Crippen MR) is 73.5 cm³/mol. The van der Waals surface area contributed by atoms with Crippen LogP contribution in [0.2, 0.25) is 5.02 Å². The molecule has 2 rings (SSSR count). The van der Waals surface area contributed by atoms with Crippen LogP contribution < -0.4 is 5.32 Å². The summed E-state index contributed by atoms with van der Waals surface area (Å²) in [6.45, 7) is 0. The van der Waals surface area contributed by atoms with Crippen molar-refractivity contribution in [3.05, 3.63) is 63.1 Å². The summed E-state index contributed by atoms with van der Waals surface area (Å²) in [5, 5.41) is 2.95. The minimum absolute atomic E-state index is 0.107. The topological polar surface area (TPSA) is 29.1 Å². The van der Waals surface area contributed by atoms with Crippen LogP contribution in [-0.2, 0) is 0 Å². The number of hydrogen-bond acceptors (Lipinski definition) is 1. The summed E-state index contributed by atoms with van der Waals surface area (Å²) in [6, 6.07) is 7.44. The van der Waals surface area contributed by atoms with Gasteiger partial charge < -0.3 is 5.32 Å². The Balaban J connectivity index is 2.28. The monoisotopic (exact) mass is 345 g/mol. The summed E-state index contributed by atoms with van der Waals surface area (Å²) < 4.78 is 26.7. The largest absolute Gasteiger partial charge is 0.321 e. The Hall–Kier alpha value is -1.46. The first-order valence-electron chi connectivity index (χ1n) is 5.18. The minimum Gasteiger partial charge on any atom is -0.321 e. The number of carbonyl (C=O) groups is 1. The Morgan fingerprint density at radius 1 is 1.11 bits per heavy atom. The summed E-state index contributed by atoms with van der Waals surface area (Å²) >= 11 is 9.04. The quantitative estimate of drug-likeness (QED) is 0.844. The lowest BCUT2D eigenvalue weighted by Crippen LogP contribution is -2.13. The van der Waals surface area contributed by atoms with Gasteiger partial charge in [-0.05, 0) is 46.3 Å². The normalized spacial score (nSPS) is 10.3. The summed E-state index contributed by atoms with van der Waals surface area (Å²) in [5.41, 5.74) is 0.312. The molecule has 0 unspecified atom stereocenters. The predicted octanol–water partition coefficient (Wildman–Crippen LogP) is 4.63. The van der Waals surface area contributed by atoms with Gasteiger partial charge in [-0.15, -0.1) is 0 Å². The molecule has 0 fully saturated rings. The average molecular weight is 347 g/mol. The Bertz CT molecular complexity index is 628. The van der Waals surface area contributed by atoms with E-state index in [2.05, 4.69) is 21.2 Å². The maximum atomic E-state index is 13.0. The zero-order valence-corrected chi connectivity index (χ0v) is 11.7. The van der Waals surface area contributed by atoms with Crippen molar-refractivity contribution in [3.8, 4) is 0 Å². The number of halogens is 4. The fourth-order valence-corrected chi connectivity index (χ4v) is 1.99. The van der Waals surface area contributed by atoms with Crippen LogP contribution in [0, 0.1) is 11.6 Å². The van der Waals surface area contributed by atoms with E-state index in [9.17, 15) is 13.6 Å². The smallest absolute Gasteiger partial charge is 0.255 e. The Morgan fingerprint density at radius 3 is 2.37 bits per heavy atom. The molecular formula is C13H7BrClF2NO. The fourth-order valence-electron chi connectivity index (χ4n) is 1.47. The third-order valence-corrected chi connectivity index (χ3v) is 3.23. The van der Waals surface area contributed by atoms with Crippen molar-refractivity contribution in [2.24, 2.45) is 0 Å². The highest BCUT2D eigenvalue weighted by molar-refractivity contribution is 9.10. The first kappa shape index (κ1) is 14.0. The number of anilines is 1. The molecule has 1 amide bonds. The van der Waals surface area contributed by atoms with Gasteiger partial charge >= 0.3 is 0 Å². The lowest BCUT2D eigenvalue weighted by Gasteiger charge is -2.08. The van der Waals surface area contributed by atoms with Crippen molar-refractivity contribution < 1.29 is 13.6 Å². The van der Waals surface area contributed by atoms with E-state index in [-0.39, 0.29) is 5.56 Å². The standard InChI is InChI=1S/C13H7BrClF2NO/c14-11-2-1-8(15)5-12(11)18-13(19)7-3-9(16)6-10(17)4-7/h1-6H,(H,18,19). The van der Waals surface area contributed by atoms with Gasteiger partial charge in [0.2, 0.25) is 0 Å². The molecule has 2 aromatic rings. The first-order chi connectivity index (χ1) is 8.95. The molecule has 0 atom stereocenters. The lowest BCUT2D eigenvalue weighted by atomic mass is 10.2. The van der Waals surface area contributed by atoms with E-state index in [0.29, 0.717) is 21.2 Å². The molecule has 0 heterocycles. The summed E-state index contributed by atoms with van der Waals surface area (Å²) in [7, 11) is 0. The van der Waals surface area contributed by atoms with Crippen LogP contribution >= 0.6 is 27.5 Å². The van der Waals surface area contributed by atoms with Crippen LogP contribution in [0.1, 0.15) is 10.4 Å². The summed E-state index contributed by atoms with van der Waals surface area (Å²) in [4.78, 5) is 11.9. The second-order valence-corrected chi connectivity index (χ2v) is 5.03. The van der Waals surface area contributed by atoms with Crippen molar-refractivity contribution in [1.82, 2.24) is 0 Å². The van der Waals surface area contributed by atoms with Gasteiger partial charge in [0.05, 0.1) is 5.69 Å². The van der Waals surface area contributed by atoms with Crippen LogP contribution in [0.4, 0.5) is 14.5 Å². The Labute approximate surface area is 121 Å². The average Bonchev–Trinajstić information content (AvgIpc) is 2.32. The van der Waals surface area contributed by atoms with E-state index in [1.165, 1.54) is 6.07 Å². The molecule has 19 heavy (non-hydrogen) atoms. The molecule has 0 saturated carbocycles. The van der Waals surface area contributed by atoms with Crippen LogP contribution in [0.3, 0.4) is 0 Å². The highest BCUT2D eigenvalue weighted by Gasteiger charge is 2.11. The molecule has 2 aromatic carbocycles. The van der Waals surface area contributed by atoms with Crippen molar-refractivity contribution >= 4 is 39.1 Å². The molecule has 6 heteroatoms. The van der Waals surface area contributed by atoms with Gasteiger partial charge in [0.25, 0.3) is 5.91 Å². The highest BCUT2D eigenvalue weighted by atomic mass is 79.9. The summed E-state index contributed by atoms with van der Waals surface area (Å²) in [6.07, 6.45) is 0. The molecule has 0 bridgehead atoms. The van der Waals surface area contributed by atoms with Gasteiger partial charge in [-0.25, -0.2) is 8.78 Å². The first-order valence-corrected chi connectivity index (χ1v) is 6.35. The molecule has 0 aliphatic rings. The van der Waals surface area contributed by atoms with Crippen molar-refractivity contribution in [1.29, 1.82) is 0 Å². The maximum absolute atomic E-state index is 13.0. The molecule has 2 nitrogen and oxygen atoms in total. The van der Waals surface area contributed by atoms with E-state index in [4.69, 9.17) is 11.6 Å². The molecule has 0 spiro atoms. The lowest BCUT2D eigenvalue weighted by molar-refractivity contribution is 0.102. The van der Waals surface area contributed by atoms with Gasteiger partial charge in [-0.3, -0.25) is 4.79 Å². The number of rotatable bonds is 2. The third-order valence-electron chi connectivity index (χ3n) is 2.30. The molecule has 0 aliphatic carbocycles. The Kier molecular flexibility index (Phi) is 4.17. The maximum Gasteiger partial charge on any atom is 0.255 e. The van der Waals surface area contributed by atoms with Crippen molar-refractivity contribution in [2.75, 3.05) is 5.32 Å². The minimum atomic E-state index is -0.810. The number of hydrogen-bond donors (Lipinski definition) is 1. The number of carbonyl (C=O) groups excluding carboxylic acids is 1. The van der Waals surface area contributed by atoms with Gasteiger partial charge in [-0.2, -0.15) is 0 Å². The van der Waals surface area contributed by atoms with Gasteiger partial charge in [0, 0.05) is 21.1 Å². The number of benzene rings is 2. The fraction of sp³-hybridized carbons (Fsp3) is 0. The van der Waals surface area contributed by atoms with E-state index in [1.807, 2.05) is 0 Å². The zero-order chi connectivity index (χ0) is 14.0. The van der Waals surface area contributed by atoms with E-state index < -0.39 is 17.5 Å². The highest BCUT2D eigenvalue weighted by Crippen LogP contribution is 2.26. The van der Waals surface area contributed by atoms with Gasteiger partial charge in [0.15, 0.2) is 0 Å². The molecule has 0 radical (unpaired) electrons. The van der Waals surface area contributed by atoms with E-state index in [1.54, 1.807) is 12.1 Å². The van der Waals surface area contributed by atoms with Crippen LogP contribution in [0.15, 0.2) is 40.9 Å².